The third kappa shape index (κ3) is 3.59. The zero-order valence-electron chi connectivity index (χ0n) is 27.7. The molecule has 226 valence electrons. The van der Waals surface area contributed by atoms with Gasteiger partial charge in [-0.1, -0.05) is 70.2 Å². The summed E-state index contributed by atoms with van der Waals surface area (Å²) in [6.07, 6.45) is 8.62. The number of aromatic nitrogens is 5. The highest BCUT2D eigenvalue weighted by atomic mass is 16.5. The predicted molar refractivity (Wildman–Crippen MR) is 178 cm³/mol. The minimum atomic E-state index is -0.328. The first kappa shape index (κ1) is 27.8. The molecule has 7 aromatic rings. The first-order chi connectivity index (χ1) is 21.4. The van der Waals surface area contributed by atoms with Crippen molar-refractivity contribution in [3.8, 4) is 22.6 Å². The first-order valence-electron chi connectivity index (χ1n) is 15.9. The van der Waals surface area contributed by atoms with Crippen LogP contribution in [-0.4, -0.2) is 14.0 Å². The minimum absolute atomic E-state index is 0.140. The number of imidazole rings is 2. The Morgan fingerprint density at radius 3 is 2.38 bits per heavy atom. The maximum Gasteiger partial charge on any atom is 0.308 e. The average molecular weight is 596 g/mol. The molecule has 8 rings (SSSR count). The lowest BCUT2D eigenvalue weighted by atomic mass is 9.59. The lowest BCUT2D eigenvalue weighted by Crippen LogP contribution is -2.43. The summed E-state index contributed by atoms with van der Waals surface area (Å²) in [5.74, 6) is 1.25. The van der Waals surface area contributed by atoms with E-state index >= 15 is 0 Å². The van der Waals surface area contributed by atoms with Crippen molar-refractivity contribution in [3.63, 3.8) is 0 Å². The van der Waals surface area contributed by atoms with Gasteiger partial charge in [0.25, 0.3) is 11.3 Å². The van der Waals surface area contributed by atoms with Crippen LogP contribution in [0.4, 0.5) is 0 Å². The van der Waals surface area contributed by atoms with Crippen LogP contribution < -0.4 is 9.14 Å². The molecule has 6 nitrogen and oxygen atoms in total. The SMILES string of the molecule is Cc1cc(C)c2c(c1)[n+]1occ(C(C)(C)C(C)(C)[C@@H]3c4ccccc4-c4n3cc[n+]4C)c1c1nc(-c3c(C)cccc3C)cn12. The van der Waals surface area contributed by atoms with Crippen molar-refractivity contribution >= 4 is 22.2 Å². The van der Waals surface area contributed by atoms with Gasteiger partial charge in [-0.05, 0) is 56.0 Å². The Kier molecular flexibility index (Phi) is 5.66. The number of hydrogen-bond acceptors (Lipinski definition) is 2. The number of fused-ring (bicyclic) bond motifs is 9. The van der Waals surface area contributed by atoms with Crippen molar-refractivity contribution in [3.05, 3.63) is 113 Å². The fourth-order valence-electron chi connectivity index (χ4n) is 8.16. The van der Waals surface area contributed by atoms with Gasteiger partial charge >= 0.3 is 5.52 Å². The maximum atomic E-state index is 6.58. The van der Waals surface area contributed by atoms with Crippen molar-refractivity contribution in [1.82, 2.24) is 14.0 Å². The summed E-state index contributed by atoms with van der Waals surface area (Å²) >= 11 is 0. The van der Waals surface area contributed by atoms with Gasteiger partial charge in [0.05, 0.1) is 23.9 Å². The Morgan fingerprint density at radius 1 is 0.889 bits per heavy atom. The van der Waals surface area contributed by atoms with Crippen LogP contribution in [0.25, 0.3) is 44.8 Å². The molecule has 0 saturated heterocycles. The fourth-order valence-corrected chi connectivity index (χ4v) is 8.16. The Hall–Kier alpha value is -4.71. The van der Waals surface area contributed by atoms with Crippen molar-refractivity contribution in [2.75, 3.05) is 0 Å². The van der Waals surface area contributed by atoms with Gasteiger partial charge in [-0.25, -0.2) is 18.6 Å². The summed E-state index contributed by atoms with van der Waals surface area (Å²) in [7, 11) is 2.14. The smallest absolute Gasteiger partial charge is 0.287 e. The second kappa shape index (κ2) is 9.16. The fraction of sp³-hybridized carbons (Fsp3) is 0.308. The highest BCUT2D eigenvalue weighted by Gasteiger charge is 2.55. The van der Waals surface area contributed by atoms with Crippen molar-refractivity contribution in [2.24, 2.45) is 12.5 Å². The van der Waals surface area contributed by atoms with Crippen molar-refractivity contribution in [1.29, 1.82) is 0 Å². The largest absolute Gasteiger partial charge is 0.308 e. The number of hydrogen-bond donors (Lipinski definition) is 0. The Bertz CT molecular complexity index is 2320. The normalized spacial score (nSPS) is 15.0. The topological polar surface area (TPSA) is 43.3 Å². The zero-order valence-corrected chi connectivity index (χ0v) is 27.7. The molecule has 4 aromatic heterocycles. The molecule has 0 radical (unpaired) electrons. The summed E-state index contributed by atoms with van der Waals surface area (Å²) in [6.45, 7) is 18.3. The average Bonchev–Trinajstić information content (AvgIpc) is 3.75. The van der Waals surface area contributed by atoms with Crippen LogP contribution in [-0.2, 0) is 12.5 Å². The third-order valence-electron chi connectivity index (χ3n) is 11.0. The number of aryl methyl sites for hydroxylation is 5. The summed E-state index contributed by atoms with van der Waals surface area (Å²) in [4.78, 5) is 5.42. The Morgan fingerprint density at radius 2 is 1.62 bits per heavy atom. The van der Waals surface area contributed by atoms with Crippen LogP contribution in [0.3, 0.4) is 0 Å². The standard InChI is InChI=1S/C39H41N5O/c1-23-19-26(4)33-31(20-23)44-34(36-40-30(21-43(33)36)32-24(2)13-12-14-25(32)3)29(22-45-44)38(5,6)39(7,8)35-27-15-10-11-16-28(27)37-41(9)17-18-42(35)37/h10-22,35H,1-9H3/q+2/t35-/m0/s1. The lowest BCUT2D eigenvalue weighted by Gasteiger charge is -2.43. The molecule has 1 aliphatic heterocycles. The van der Waals surface area contributed by atoms with Gasteiger partial charge in [-0.15, -0.1) is 0 Å². The molecule has 0 amide bonds. The molecule has 0 aliphatic carbocycles. The maximum absolute atomic E-state index is 6.58. The van der Waals surface area contributed by atoms with Gasteiger partial charge in [-0.2, -0.15) is 0 Å². The first-order valence-corrected chi connectivity index (χ1v) is 15.9. The molecule has 1 aliphatic rings. The number of benzene rings is 3. The van der Waals surface area contributed by atoms with Gasteiger partial charge in [0, 0.05) is 38.8 Å². The minimum Gasteiger partial charge on any atom is -0.287 e. The van der Waals surface area contributed by atoms with Crippen LogP contribution in [0.1, 0.15) is 67.1 Å². The number of nitrogens with zero attached hydrogens (tertiary/aromatic N) is 5. The Balaban J connectivity index is 1.43. The van der Waals surface area contributed by atoms with Crippen LogP contribution in [0.2, 0.25) is 0 Å². The lowest BCUT2D eigenvalue weighted by molar-refractivity contribution is -0.693. The monoisotopic (exact) mass is 595 g/mol. The van der Waals surface area contributed by atoms with E-state index < -0.39 is 0 Å². The van der Waals surface area contributed by atoms with E-state index in [0.717, 1.165) is 33.5 Å². The van der Waals surface area contributed by atoms with E-state index in [-0.39, 0.29) is 16.9 Å². The van der Waals surface area contributed by atoms with E-state index in [0.29, 0.717) is 0 Å². The molecule has 0 spiro atoms. The van der Waals surface area contributed by atoms with Crippen molar-refractivity contribution in [2.45, 2.75) is 66.8 Å². The summed E-state index contributed by atoms with van der Waals surface area (Å²) in [5, 5.41) is 0. The van der Waals surface area contributed by atoms with Gasteiger partial charge < -0.3 is 0 Å². The molecular weight excluding hydrogens is 554 g/mol. The van der Waals surface area contributed by atoms with E-state index in [1.54, 1.807) is 0 Å². The molecule has 0 fully saturated rings. The van der Waals surface area contributed by atoms with Gasteiger partial charge in [0.2, 0.25) is 5.65 Å². The molecule has 0 bridgehead atoms. The Labute approximate surface area is 264 Å². The van der Waals surface area contributed by atoms with E-state index in [1.165, 1.54) is 44.8 Å². The molecule has 0 N–H and O–H groups in total. The van der Waals surface area contributed by atoms with Crippen LogP contribution in [0, 0.1) is 33.1 Å². The quantitative estimate of drug-likeness (QED) is 0.194. The third-order valence-corrected chi connectivity index (χ3v) is 11.0. The predicted octanol–water partition coefficient (Wildman–Crippen LogP) is 7.92. The van der Waals surface area contributed by atoms with Crippen LogP contribution in [0.5, 0.6) is 0 Å². The van der Waals surface area contributed by atoms with E-state index in [1.807, 2.05) is 10.8 Å². The summed E-state index contributed by atoms with van der Waals surface area (Å²) in [5.41, 5.74) is 14.4. The van der Waals surface area contributed by atoms with E-state index in [2.05, 4.69) is 149 Å². The second-order valence-corrected chi connectivity index (χ2v) is 14.3. The molecular formula is C39H41N5O+2. The highest BCUT2D eigenvalue weighted by molar-refractivity contribution is 5.87. The van der Waals surface area contributed by atoms with Crippen molar-refractivity contribution < 1.29 is 13.7 Å². The molecule has 6 heteroatoms. The number of rotatable bonds is 4. The second-order valence-electron chi connectivity index (χ2n) is 14.3. The van der Waals surface area contributed by atoms with Gasteiger partial charge in [0.15, 0.2) is 6.26 Å². The zero-order chi connectivity index (χ0) is 31.6. The van der Waals surface area contributed by atoms with E-state index in [9.17, 15) is 0 Å². The molecule has 0 saturated carbocycles. The highest BCUT2D eigenvalue weighted by Crippen LogP contribution is 2.56. The molecule has 5 heterocycles. The molecule has 3 aromatic carbocycles. The molecule has 0 unspecified atom stereocenters. The molecule has 45 heavy (non-hydrogen) atoms. The molecule has 1 atom stereocenters. The van der Waals surface area contributed by atoms with Crippen LogP contribution >= 0.6 is 0 Å². The van der Waals surface area contributed by atoms with E-state index in [4.69, 9.17) is 9.51 Å². The summed E-state index contributed by atoms with van der Waals surface area (Å²) in [6, 6.07) is 20.0. The summed E-state index contributed by atoms with van der Waals surface area (Å²) < 4.78 is 15.6. The van der Waals surface area contributed by atoms with Crippen LogP contribution in [0.15, 0.2) is 84.0 Å². The van der Waals surface area contributed by atoms with Gasteiger partial charge in [0.1, 0.15) is 24.0 Å². The van der Waals surface area contributed by atoms with Gasteiger partial charge in [-0.3, -0.25) is 4.40 Å².